The van der Waals surface area contributed by atoms with Crippen molar-refractivity contribution in [1.29, 1.82) is 0 Å². The van der Waals surface area contributed by atoms with E-state index in [1.807, 2.05) is 24.3 Å². The molecule has 26 heavy (non-hydrogen) atoms. The molecule has 0 amide bonds. The van der Waals surface area contributed by atoms with Gasteiger partial charge in [-0.2, -0.15) is 4.98 Å². The van der Waals surface area contributed by atoms with Crippen molar-refractivity contribution in [2.24, 2.45) is 0 Å². The Labute approximate surface area is 159 Å². The number of nitrogens with zero attached hydrogens (tertiary/aromatic N) is 5. The van der Waals surface area contributed by atoms with Gasteiger partial charge < -0.3 is 9.09 Å². The highest BCUT2D eigenvalue weighted by Crippen LogP contribution is 2.23. The van der Waals surface area contributed by atoms with Gasteiger partial charge in [0.1, 0.15) is 6.33 Å². The molecule has 1 aromatic carbocycles. The number of hydrogen-bond acceptors (Lipinski definition) is 7. The molecule has 3 heterocycles. The van der Waals surface area contributed by atoms with Gasteiger partial charge in [0.25, 0.3) is 0 Å². The molecular formula is C18H17N5OS2. The number of aryl methyl sites for hydroxylation is 3. The smallest absolute Gasteiger partial charge is 0.237 e. The van der Waals surface area contributed by atoms with Crippen LogP contribution in [0.1, 0.15) is 16.3 Å². The number of aromatic nitrogens is 5. The predicted octanol–water partition coefficient (Wildman–Crippen LogP) is 4.23. The summed E-state index contributed by atoms with van der Waals surface area (Å²) in [4.78, 5) is 5.83. The summed E-state index contributed by atoms with van der Waals surface area (Å²) >= 11 is 3.32. The lowest BCUT2D eigenvalue weighted by atomic mass is 10.1. The molecule has 0 aliphatic carbocycles. The van der Waals surface area contributed by atoms with Crippen LogP contribution in [0.25, 0.3) is 11.4 Å². The van der Waals surface area contributed by atoms with Crippen molar-refractivity contribution in [3.8, 4) is 11.4 Å². The normalized spacial score (nSPS) is 11.1. The van der Waals surface area contributed by atoms with Crippen LogP contribution in [0.3, 0.4) is 0 Å². The van der Waals surface area contributed by atoms with Gasteiger partial charge in [0.05, 0.1) is 5.75 Å². The zero-order valence-corrected chi connectivity index (χ0v) is 15.8. The molecular weight excluding hydrogens is 366 g/mol. The fraction of sp³-hybridized carbons (Fsp3) is 0.222. The molecule has 0 spiro atoms. The number of hydrogen-bond donors (Lipinski definition) is 0. The Balaban J connectivity index is 1.37. The summed E-state index contributed by atoms with van der Waals surface area (Å²) in [6, 6.07) is 12.3. The quantitative estimate of drug-likeness (QED) is 0.445. The maximum absolute atomic E-state index is 5.37. The van der Waals surface area contributed by atoms with Crippen LogP contribution >= 0.6 is 23.1 Å². The first-order valence-electron chi connectivity index (χ1n) is 8.20. The standard InChI is InChI=1S/C18H17N5OS2/c1-13-4-6-14(7-5-13)17-20-16(24-22-17)11-26-18-21-19-12-23(18)9-8-15-3-2-10-25-15/h2-7,10,12H,8-9,11H2,1H3. The van der Waals surface area contributed by atoms with E-state index in [0.29, 0.717) is 17.5 Å². The zero-order chi connectivity index (χ0) is 17.8. The number of thioether (sulfide) groups is 1. The topological polar surface area (TPSA) is 69.6 Å². The summed E-state index contributed by atoms with van der Waals surface area (Å²) < 4.78 is 7.43. The average Bonchev–Trinajstić information content (AvgIpc) is 3.40. The third-order valence-corrected chi connectivity index (χ3v) is 5.76. The molecule has 0 radical (unpaired) electrons. The van der Waals surface area contributed by atoms with Crippen molar-refractivity contribution in [1.82, 2.24) is 24.9 Å². The molecule has 132 valence electrons. The molecule has 0 atom stereocenters. The molecule has 3 aromatic heterocycles. The van der Waals surface area contributed by atoms with Crippen LogP contribution in [-0.2, 0) is 18.7 Å². The minimum absolute atomic E-state index is 0.566. The van der Waals surface area contributed by atoms with Crippen LogP contribution in [0.5, 0.6) is 0 Å². The summed E-state index contributed by atoms with van der Waals surface area (Å²) in [6.07, 6.45) is 2.74. The largest absolute Gasteiger partial charge is 0.338 e. The molecule has 8 heteroatoms. The van der Waals surface area contributed by atoms with E-state index >= 15 is 0 Å². The summed E-state index contributed by atoms with van der Waals surface area (Å²) in [5.74, 6) is 1.76. The second kappa shape index (κ2) is 7.84. The lowest BCUT2D eigenvalue weighted by molar-refractivity contribution is 0.391. The lowest BCUT2D eigenvalue weighted by Crippen LogP contribution is -2.01. The molecule has 4 rings (SSSR count). The van der Waals surface area contributed by atoms with Crippen molar-refractivity contribution in [3.63, 3.8) is 0 Å². The lowest BCUT2D eigenvalue weighted by Gasteiger charge is -2.03. The summed E-state index contributed by atoms with van der Waals surface area (Å²) in [7, 11) is 0. The Morgan fingerprint density at radius 3 is 2.88 bits per heavy atom. The predicted molar refractivity (Wildman–Crippen MR) is 102 cm³/mol. The summed E-state index contributed by atoms with van der Waals surface area (Å²) in [5.41, 5.74) is 2.16. The Bertz CT molecular complexity index is 960. The van der Waals surface area contributed by atoms with Crippen molar-refractivity contribution >= 4 is 23.1 Å². The first-order valence-corrected chi connectivity index (χ1v) is 10.1. The third kappa shape index (κ3) is 4.03. The highest BCUT2D eigenvalue weighted by atomic mass is 32.2. The molecule has 0 fully saturated rings. The Kier molecular flexibility index (Phi) is 5.12. The van der Waals surface area contributed by atoms with Gasteiger partial charge in [-0.3, -0.25) is 0 Å². The molecule has 0 N–H and O–H groups in total. The first-order chi connectivity index (χ1) is 12.8. The van der Waals surface area contributed by atoms with Gasteiger partial charge in [0, 0.05) is 17.0 Å². The molecule has 0 aliphatic rings. The first kappa shape index (κ1) is 17.0. The minimum atomic E-state index is 0.566. The van der Waals surface area contributed by atoms with Gasteiger partial charge in [-0.05, 0) is 24.8 Å². The van der Waals surface area contributed by atoms with Crippen LogP contribution in [0.4, 0.5) is 0 Å². The van der Waals surface area contributed by atoms with Gasteiger partial charge in [0.2, 0.25) is 11.7 Å². The van der Waals surface area contributed by atoms with Crippen molar-refractivity contribution in [3.05, 3.63) is 64.4 Å². The van der Waals surface area contributed by atoms with E-state index in [2.05, 4.69) is 49.3 Å². The van der Waals surface area contributed by atoms with Crippen molar-refractivity contribution in [2.45, 2.75) is 30.8 Å². The number of benzene rings is 1. The van der Waals surface area contributed by atoms with E-state index in [0.717, 1.165) is 23.7 Å². The van der Waals surface area contributed by atoms with E-state index in [4.69, 9.17) is 4.52 Å². The Morgan fingerprint density at radius 1 is 1.19 bits per heavy atom. The fourth-order valence-corrected chi connectivity index (χ4v) is 3.93. The van der Waals surface area contributed by atoms with Crippen molar-refractivity contribution < 1.29 is 4.52 Å². The fourth-order valence-electron chi connectivity index (χ4n) is 2.45. The van der Waals surface area contributed by atoms with Crippen LogP contribution in [0.15, 0.2) is 57.8 Å². The van der Waals surface area contributed by atoms with Crippen molar-refractivity contribution in [2.75, 3.05) is 0 Å². The van der Waals surface area contributed by atoms with E-state index in [-0.39, 0.29) is 0 Å². The van der Waals surface area contributed by atoms with E-state index in [9.17, 15) is 0 Å². The van der Waals surface area contributed by atoms with Gasteiger partial charge in [-0.1, -0.05) is 52.8 Å². The van der Waals surface area contributed by atoms with Crippen LogP contribution in [0, 0.1) is 6.92 Å². The molecule has 0 aliphatic heterocycles. The molecule has 0 saturated carbocycles. The monoisotopic (exact) mass is 383 g/mol. The molecule has 4 aromatic rings. The Hall–Kier alpha value is -2.45. The molecule has 6 nitrogen and oxygen atoms in total. The molecule has 0 bridgehead atoms. The minimum Gasteiger partial charge on any atom is -0.338 e. The number of rotatable bonds is 7. The zero-order valence-electron chi connectivity index (χ0n) is 14.2. The highest BCUT2D eigenvalue weighted by Gasteiger charge is 2.12. The van der Waals surface area contributed by atoms with E-state index in [1.54, 1.807) is 29.4 Å². The van der Waals surface area contributed by atoms with Gasteiger partial charge in [0.15, 0.2) is 5.16 Å². The van der Waals surface area contributed by atoms with E-state index in [1.165, 1.54) is 10.4 Å². The van der Waals surface area contributed by atoms with Gasteiger partial charge >= 0.3 is 0 Å². The van der Waals surface area contributed by atoms with Crippen LogP contribution in [0.2, 0.25) is 0 Å². The molecule has 0 unspecified atom stereocenters. The Morgan fingerprint density at radius 2 is 2.08 bits per heavy atom. The highest BCUT2D eigenvalue weighted by molar-refractivity contribution is 7.98. The maximum atomic E-state index is 5.37. The SMILES string of the molecule is Cc1ccc(-c2noc(CSc3nncn3CCc3cccs3)n2)cc1. The number of thiophene rings is 1. The van der Waals surface area contributed by atoms with E-state index < -0.39 is 0 Å². The average molecular weight is 384 g/mol. The molecule has 0 saturated heterocycles. The van der Waals surface area contributed by atoms with Gasteiger partial charge in [-0.15, -0.1) is 21.5 Å². The second-order valence-corrected chi connectivity index (χ2v) is 7.78. The van der Waals surface area contributed by atoms with Gasteiger partial charge in [-0.25, -0.2) is 0 Å². The maximum Gasteiger partial charge on any atom is 0.237 e. The third-order valence-electron chi connectivity index (χ3n) is 3.86. The second-order valence-electron chi connectivity index (χ2n) is 5.80. The van der Waals surface area contributed by atoms with Crippen LogP contribution < -0.4 is 0 Å². The summed E-state index contributed by atoms with van der Waals surface area (Å²) in [5, 5.41) is 15.2. The van der Waals surface area contributed by atoms with Crippen LogP contribution in [-0.4, -0.2) is 24.9 Å². The summed E-state index contributed by atoms with van der Waals surface area (Å²) in [6.45, 7) is 2.91.